The molecule has 0 radical (unpaired) electrons. The van der Waals surface area contributed by atoms with Crippen LogP contribution in [0, 0.1) is 11.6 Å². The van der Waals surface area contributed by atoms with Crippen LogP contribution in [0.5, 0.6) is 0 Å². The van der Waals surface area contributed by atoms with E-state index in [4.69, 9.17) is 0 Å². The van der Waals surface area contributed by atoms with Gasteiger partial charge in [0.15, 0.2) is 5.82 Å². The summed E-state index contributed by atoms with van der Waals surface area (Å²) in [5, 5.41) is 0. The molecule has 0 amide bonds. The highest BCUT2D eigenvalue weighted by Gasteiger charge is 2.34. The van der Waals surface area contributed by atoms with Crippen LogP contribution in [0.3, 0.4) is 0 Å². The van der Waals surface area contributed by atoms with E-state index in [1.54, 1.807) is 0 Å². The third-order valence-electron chi connectivity index (χ3n) is 1.60. The van der Waals surface area contributed by atoms with Crippen LogP contribution in [0.2, 0.25) is 0 Å². The first-order valence-corrected chi connectivity index (χ1v) is 3.66. The molecule has 13 heavy (non-hydrogen) atoms. The second-order valence-corrected chi connectivity index (χ2v) is 2.54. The maximum absolute atomic E-state index is 12.9. The molecule has 1 nitrogen and oxygen atoms in total. The molecule has 0 N–H and O–H groups in total. The minimum absolute atomic E-state index is 0.395. The van der Waals surface area contributed by atoms with E-state index >= 15 is 0 Å². The third-order valence-corrected chi connectivity index (χ3v) is 1.60. The lowest BCUT2D eigenvalue weighted by Gasteiger charge is -2.13. The molecule has 0 aromatic carbocycles. The molecule has 0 aliphatic heterocycles. The van der Waals surface area contributed by atoms with Gasteiger partial charge in [-0.3, -0.25) is 0 Å². The standard InChI is InChI=1S/C8H7F4N/c1-2-8(11,12)7-6(10)3-5(9)4-13-7/h3-4H,2H2,1H3. The molecular weight excluding hydrogens is 186 g/mol. The third kappa shape index (κ3) is 1.96. The average molecular weight is 193 g/mol. The molecule has 1 aromatic rings. The lowest BCUT2D eigenvalue weighted by atomic mass is 10.1. The maximum Gasteiger partial charge on any atom is 0.292 e. The Kier molecular flexibility index (Phi) is 2.54. The van der Waals surface area contributed by atoms with Crippen molar-refractivity contribution >= 4 is 0 Å². The summed E-state index contributed by atoms with van der Waals surface area (Å²) < 4.78 is 50.7. The Morgan fingerprint density at radius 1 is 1.38 bits per heavy atom. The largest absolute Gasteiger partial charge is 0.292 e. The number of halogens is 4. The second kappa shape index (κ2) is 3.32. The summed E-state index contributed by atoms with van der Waals surface area (Å²) in [6.07, 6.45) is 0.00450. The summed E-state index contributed by atoms with van der Waals surface area (Å²) in [5.41, 5.74) is -1.00. The average Bonchev–Trinajstić information content (AvgIpc) is 2.03. The Morgan fingerprint density at radius 3 is 2.46 bits per heavy atom. The van der Waals surface area contributed by atoms with Gasteiger partial charge in [-0.05, 0) is 0 Å². The molecule has 1 heterocycles. The van der Waals surface area contributed by atoms with E-state index in [-0.39, 0.29) is 0 Å². The van der Waals surface area contributed by atoms with Crippen LogP contribution in [0.4, 0.5) is 17.6 Å². The molecule has 1 aromatic heterocycles. The Morgan fingerprint density at radius 2 is 2.00 bits per heavy atom. The number of pyridine rings is 1. The first-order valence-electron chi connectivity index (χ1n) is 3.66. The molecule has 72 valence electrons. The number of hydrogen-bond acceptors (Lipinski definition) is 1. The van der Waals surface area contributed by atoms with E-state index in [0.29, 0.717) is 12.3 Å². The first kappa shape index (κ1) is 9.95. The van der Waals surface area contributed by atoms with Crippen molar-refractivity contribution in [3.63, 3.8) is 0 Å². The summed E-state index contributed by atoms with van der Waals surface area (Å²) >= 11 is 0. The molecule has 0 bridgehead atoms. The van der Waals surface area contributed by atoms with Crippen LogP contribution in [0.1, 0.15) is 19.0 Å². The molecule has 0 atom stereocenters. The zero-order valence-corrected chi connectivity index (χ0v) is 6.82. The van der Waals surface area contributed by atoms with Gasteiger partial charge in [0.25, 0.3) is 5.92 Å². The van der Waals surface area contributed by atoms with E-state index in [0.717, 1.165) is 0 Å². The lowest BCUT2D eigenvalue weighted by molar-refractivity contribution is -0.0166. The van der Waals surface area contributed by atoms with Crippen LogP contribution >= 0.6 is 0 Å². The Hall–Kier alpha value is -1.13. The number of aromatic nitrogens is 1. The minimum atomic E-state index is -3.34. The van der Waals surface area contributed by atoms with Crippen molar-refractivity contribution in [2.24, 2.45) is 0 Å². The number of rotatable bonds is 2. The lowest BCUT2D eigenvalue weighted by Crippen LogP contribution is -2.16. The van der Waals surface area contributed by atoms with Crippen molar-refractivity contribution in [1.82, 2.24) is 4.98 Å². The fraction of sp³-hybridized carbons (Fsp3) is 0.375. The van der Waals surface area contributed by atoms with Crippen LogP contribution in [0.25, 0.3) is 0 Å². The van der Waals surface area contributed by atoms with Crippen molar-refractivity contribution in [2.75, 3.05) is 0 Å². The smallest absolute Gasteiger partial charge is 0.249 e. The Balaban J connectivity index is 3.16. The van der Waals surface area contributed by atoms with Gasteiger partial charge in [-0.1, -0.05) is 6.92 Å². The van der Waals surface area contributed by atoms with Crippen molar-refractivity contribution in [3.05, 3.63) is 29.6 Å². The van der Waals surface area contributed by atoms with E-state index in [1.165, 1.54) is 6.92 Å². The fourth-order valence-corrected chi connectivity index (χ4v) is 0.851. The van der Waals surface area contributed by atoms with Gasteiger partial charge in [0.05, 0.1) is 6.20 Å². The molecule has 0 saturated heterocycles. The summed E-state index contributed by atoms with van der Waals surface area (Å²) in [6.45, 7) is 1.20. The van der Waals surface area contributed by atoms with E-state index in [9.17, 15) is 17.6 Å². The molecule has 0 fully saturated rings. The summed E-state index contributed by atoms with van der Waals surface area (Å²) in [5.74, 6) is -5.61. The molecule has 1 rings (SSSR count). The van der Waals surface area contributed by atoms with Gasteiger partial charge in [-0.15, -0.1) is 0 Å². The Bertz CT molecular complexity index is 311. The van der Waals surface area contributed by atoms with Crippen LogP contribution in [-0.4, -0.2) is 4.98 Å². The summed E-state index contributed by atoms with van der Waals surface area (Å²) in [7, 11) is 0. The van der Waals surface area contributed by atoms with Gasteiger partial charge in [0.1, 0.15) is 11.5 Å². The van der Waals surface area contributed by atoms with Gasteiger partial charge in [0, 0.05) is 12.5 Å². The molecular formula is C8H7F4N. The molecule has 5 heteroatoms. The number of alkyl halides is 2. The monoisotopic (exact) mass is 193 g/mol. The normalized spacial score (nSPS) is 11.8. The van der Waals surface area contributed by atoms with E-state index in [1.807, 2.05) is 0 Å². The topological polar surface area (TPSA) is 12.9 Å². The zero-order chi connectivity index (χ0) is 10.1. The van der Waals surface area contributed by atoms with Crippen LogP contribution < -0.4 is 0 Å². The predicted octanol–water partition coefficient (Wildman–Crippen LogP) is 2.86. The van der Waals surface area contributed by atoms with Crippen LogP contribution in [-0.2, 0) is 5.92 Å². The highest BCUT2D eigenvalue weighted by Crippen LogP contribution is 2.31. The van der Waals surface area contributed by atoms with Crippen molar-refractivity contribution in [1.29, 1.82) is 0 Å². The van der Waals surface area contributed by atoms with Crippen molar-refractivity contribution in [2.45, 2.75) is 19.3 Å². The van der Waals surface area contributed by atoms with E-state index < -0.39 is 29.7 Å². The predicted molar refractivity (Wildman–Crippen MR) is 38.3 cm³/mol. The minimum Gasteiger partial charge on any atom is -0.249 e. The van der Waals surface area contributed by atoms with Gasteiger partial charge < -0.3 is 0 Å². The van der Waals surface area contributed by atoms with Gasteiger partial charge in [-0.25, -0.2) is 13.8 Å². The fourth-order valence-electron chi connectivity index (χ4n) is 0.851. The van der Waals surface area contributed by atoms with Gasteiger partial charge in [0.2, 0.25) is 0 Å². The highest BCUT2D eigenvalue weighted by molar-refractivity contribution is 5.13. The molecule has 0 saturated carbocycles. The molecule has 0 unspecified atom stereocenters. The van der Waals surface area contributed by atoms with Crippen molar-refractivity contribution in [3.8, 4) is 0 Å². The van der Waals surface area contributed by atoms with Gasteiger partial charge >= 0.3 is 0 Å². The van der Waals surface area contributed by atoms with Crippen molar-refractivity contribution < 1.29 is 17.6 Å². The second-order valence-electron chi connectivity index (χ2n) is 2.54. The maximum atomic E-state index is 12.9. The van der Waals surface area contributed by atoms with Crippen LogP contribution in [0.15, 0.2) is 12.3 Å². The first-order chi connectivity index (χ1) is 5.97. The number of nitrogens with zero attached hydrogens (tertiary/aromatic N) is 1. The summed E-state index contributed by atoms with van der Waals surface area (Å²) in [6, 6.07) is 0.395. The molecule has 0 aliphatic rings. The highest BCUT2D eigenvalue weighted by atomic mass is 19.3. The van der Waals surface area contributed by atoms with Gasteiger partial charge in [-0.2, -0.15) is 8.78 Å². The number of hydrogen-bond donors (Lipinski definition) is 0. The van der Waals surface area contributed by atoms with E-state index in [2.05, 4.69) is 4.98 Å². The Labute approximate surface area is 72.4 Å². The SMILES string of the molecule is CCC(F)(F)c1ncc(F)cc1F. The quantitative estimate of drug-likeness (QED) is 0.658. The molecule has 0 spiro atoms. The molecule has 0 aliphatic carbocycles. The zero-order valence-electron chi connectivity index (χ0n) is 6.82. The summed E-state index contributed by atoms with van der Waals surface area (Å²) in [4.78, 5) is 3.02.